The van der Waals surface area contributed by atoms with Crippen molar-refractivity contribution in [3.05, 3.63) is 51.8 Å². The number of furan rings is 2. The molecule has 2 aromatic rings. The Balaban J connectivity index is 1.90. The highest BCUT2D eigenvalue weighted by Gasteiger charge is 2.13. The predicted octanol–water partition coefficient (Wildman–Crippen LogP) is 2.97. The summed E-state index contributed by atoms with van der Waals surface area (Å²) in [7, 11) is 0. The van der Waals surface area contributed by atoms with Gasteiger partial charge in [0.25, 0.3) is 0 Å². The van der Waals surface area contributed by atoms with Crippen molar-refractivity contribution < 1.29 is 23.5 Å². The number of carbonyl (C=O) groups is 2. The zero-order valence-corrected chi connectivity index (χ0v) is 12.6. The van der Waals surface area contributed by atoms with Crippen molar-refractivity contribution in [2.45, 2.75) is 13.5 Å². The first kappa shape index (κ1) is 15.1. The van der Waals surface area contributed by atoms with Gasteiger partial charge in [-0.3, -0.25) is 4.79 Å². The monoisotopic (exact) mass is 353 g/mol. The van der Waals surface area contributed by atoms with E-state index in [4.69, 9.17) is 13.9 Å². The zero-order valence-electron chi connectivity index (χ0n) is 11.1. The highest BCUT2D eigenvalue weighted by molar-refractivity contribution is 9.10. The molecule has 0 atom stereocenters. The second kappa shape index (κ2) is 6.45. The fraction of sp³-hybridized carbons (Fsp3) is 0.143. The van der Waals surface area contributed by atoms with E-state index >= 15 is 0 Å². The highest BCUT2D eigenvalue weighted by Crippen LogP contribution is 2.15. The van der Waals surface area contributed by atoms with Crippen LogP contribution in [-0.4, -0.2) is 17.0 Å². The average molecular weight is 354 g/mol. The number of carboxylic acid groups (broad SMARTS) is 1. The van der Waals surface area contributed by atoms with Crippen molar-refractivity contribution in [2.75, 3.05) is 0 Å². The zero-order chi connectivity index (χ0) is 15.4. The fourth-order valence-electron chi connectivity index (χ4n) is 1.65. The minimum Gasteiger partial charge on any atom is -0.478 e. The molecule has 2 N–H and O–H groups in total. The topological polar surface area (TPSA) is 92.7 Å². The summed E-state index contributed by atoms with van der Waals surface area (Å²) in [4.78, 5) is 22.5. The second-order valence-corrected chi connectivity index (χ2v) is 4.96. The van der Waals surface area contributed by atoms with Gasteiger partial charge in [0.05, 0.1) is 6.54 Å². The van der Waals surface area contributed by atoms with Crippen LogP contribution in [0.15, 0.2) is 37.8 Å². The van der Waals surface area contributed by atoms with E-state index in [0.717, 1.165) is 0 Å². The summed E-state index contributed by atoms with van der Waals surface area (Å²) in [5.74, 6) is -0.167. The number of carbonyl (C=O) groups excluding carboxylic acids is 1. The number of halogens is 1. The van der Waals surface area contributed by atoms with E-state index in [9.17, 15) is 9.59 Å². The first-order valence-electron chi connectivity index (χ1n) is 5.99. The standard InChI is InChI=1S/C14H12BrNO5/c1-8-11(14(18)19)6-10(20-8)7-16-13(17)5-3-9-2-4-12(15)21-9/h2-6H,7H2,1H3,(H,16,17)(H,18,19)/b5-3+. The Labute approximate surface area is 128 Å². The molecule has 0 aliphatic heterocycles. The van der Waals surface area contributed by atoms with Gasteiger partial charge in [0.15, 0.2) is 4.67 Å². The highest BCUT2D eigenvalue weighted by atomic mass is 79.9. The van der Waals surface area contributed by atoms with Crippen molar-refractivity contribution in [1.82, 2.24) is 5.32 Å². The van der Waals surface area contributed by atoms with E-state index in [1.807, 2.05) is 0 Å². The van der Waals surface area contributed by atoms with Crippen molar-refractivity contribution in [3.8, 4) is 0 Å². The summed E-state index contributed by atoms with van der Waals surface area (Å²) in [6, 6.07) is 4.82. The lowest BCUT2D eigenvalue weighted by Gasteiger charge is -1.98. The molecule has 1 amide bonds. The lowest BCUT2D eigenvalue weighted by Crippen LogP contribution is -2.19. The molecule has 21 heavy (non-hydrogen) atoms. The third-order valence-electron chi connectivity index (χ3n) is 2.63. The van der Waals surface area contributed by atoms with Crippen LogP contribution in [0.3, 0.4) is 0 Å². The van der Waals surface area contributed by atoms with Gasteiger partial charge in [0.2, 0.25) is 5.91 Å². The maximum Gasteiger partial charge on any atom is 0.339 e. The minimum atomic E-state index is -1.06. The van der Waals surface area contributed by atoms with Crippen LogP contribution in [0.1, 0.15) is 27.6 Å². The van der Waals surface area contributed by atoms with Crippen molar-refractivity contribution in [1.29, 1.82) is 0 Å². The number of rotatable bonds is 5. The molecule has 0 aromatic carbocycles. The van der Waals surface area contributed by atoms with Gasteiger partial charge in [-0.15, -0.1) is 0 Å². The molecule has 2 rings (SSSR count). The number of aryl methyl sites for hydroxylation is 1. The molecule has 110 valence electrons. The number of hydrogen-bond donors (Lipinski definition) is 2. The molecule has 0 saturated heterocycles. The van der Waals surface area contributed by atoms with E-state index in [1.165, 1.54) is 18.2 Å². The average Bonchev–Trinajstić information content (AvgIpc) is 3.00. The Morgan fingerprint density at radius 2 is 2.14 bits per heavy atom. The summed E-state index contributed by atoms with van der Waals surface area (Å²) >= 11 is 3.16. The molecule has 0 fully saturated rings. The first-order valence-corrected chi connectivity index (χ1v) is 6.79. The SMILES string of the molecule is Cc1oc(CNC(=O)/C=C/c2ccc(Br)o2)cc1C(=O)O. The lowest BCUT2D eigenvalue weighted by atomic mass is 10.2. The van der Waals surface area contributed by atoms with Crippen LogP contribution >= 0.6 is 15.9 Å². The molecule has 6 nitrogen and oxygen atoms in total. The molecule has 7 heteroatoms. The summed E-state index contributed by atoms with van der Waals surface area (Å²) in [6.07, 6.45) is 2.84. The smallest absolute Gasteiger partial charge is 0.339 e. The number of amides is 1. The van der Waals surface area contributed by atoms with Gasteiger partial charge in [0, 0.05) is 6.08 Å². The predicted molar refractivity (Wildman–Crippen MR) is 77.7 cm³/mol. The van der Waals surface area contributed by atoms with Crippen LogP contribution in [0, 0.1) is 6.92 Å². The molecule has 0 saturated carbocycles. The van der Waals surface area contributed by atoms with Crippen LogP contribution < -0.4 is 5.32 Å². The van der Waals surface area contributed by atoms with Gasteiger partial charge in [-0.1, -0.05) is 0 Å². The molecule has 0 aliphatic rings. The van der Waals surface area contributed by atoms with Gasteiger partial charge in [0.1, 0.15) is 22.8 Å². The van der Waals surface area contributed by atoms with Gasteiger partial charge < -0.3 is 19.3 Å². The normalized spacial score (nSPS) is 11.0. The van der Waals surface area contributed by atoms with E-state index in [0.29, 0.717) is 22.0 Å². The maximum absolute atomic E-state index is 11.6. The number of nitrogens with one attached hydrogen (secondary N) is 1. The van der Waals surface area contributed by atoms with Crippen LogP contribution in [0.25, 0.3) is 6.08 Å². The van der Waals surface area contributed by atoms with Gasteiger partial charge in [-0.05, 0) is 47.1 Å². The van der Waals surface area contributed by atoms with Gasteiger partial charge >= 0.3 is 5.97 Å². The quantitative estimate of drug-likeness (QED) is 0.806. The number of carboxylic acids is 1. The molecule has 0 unspecified atom stereocenters. The summed E-state index contributed by atoms with van der Waals surface area (Å²) in [5, 5.41) is 11.5. The van der Waals surface area contributed by atoms with E-state index in [1.54, 1.807) is 19.1 Å². The minimum absolute atomic E-state index is 0.0928. The van der Waals surface area contributed by atoms with Crippen LogP contribution in [0.4, 0.5) is 0 Å². The van der Waals surface area contributed by atoms with Gasteiger partial charge in [-0.2, -0.15) is 0 Å². The molecule has 0 bridgehead atoms. The molecule has 2 aromatic heterocycles. The molecule has 0 spiro atoms. The van der Waals surface area contributed by atoms with Crippen molar-refractivity contribution in [3.63, 3.8) is 0 Å². The third-order valence-corrected chi connectivity index (χ3v) is 3.06. The van der Waals surface area contributed by atoms with Gasteiger partial charge in [-0.25, -0.2) is 4.79 Å². The third kappa shape index (κ3) is 4.09. The maximum atomic E-state index is 11.6. The number of aromatic carboxylic acids is 1. The molecule has 2 heterocycles. The molecular weight excluding hydrogens is 342 g/mol. The van der Waals surface area contributed by atoms with Crippen molar-refractivity contribution >= 4 is 33.9 Å². The van der Waals surface area contributed by atoms with E-state index in [2.05, 4.69) is 21.2 Å². The summed E-state index contributed by atoms with van der Waals surface area (Å²) in [6.45, 7) is 1.67. The van der Waals surface area contributed by atoms with Crippen LogP contribution in [-0.2, 0) is 11.3 Å². The lowest BCUT2D eigenvalue weighted by molar-refractivity contribution is -0.116. The molecular formula is C14H12BrNO5. The van der Waals surface area contributed by atoms with E-state index < -0.39 is 5.97 Å². The first-order chi connectivity index (χ1) is 9.95. The molecule has 0 aliphatic carbocycles. The fourth-order valence-corrected chi connectivity index (χ4v) is 1.97. The second-order valence-electron chi connectivity index (χ2n) is 4.18. The Morgan fingerprint density at radius 3 is 2.71 bits per heavy atom. The Hall–Kier alpha value is -2.28. The Morgan fingerprint density at radius 1 is 1.38 bits per heavy atom. The summed E-state index contributed by atoms with van der Waals surface area (Å²) in [5.41, 5.74) is 0.0928. The summed E-state index contributed by atoms with van der Waals surface area (Å²) < 4.78 is 11.0. The largest absolute Gasteiger partial charge is 0.478 e. The van der Waals surface area contributed by atoms with E-state index in [-0.39, 0.29) is 18.0 Å². The van der Waals surface area contributed by atoms with Crippen molar-refractivity contribution in [2.24, 2.45) is 0 Å². The Bertz CT molecular complexity index is 698. The van der Waals surface area contributed by atoms with Crippen LogP contribution in [0.5, 0.6) is 0 Å². The Kier molecular flexibility index (Phi) is 4.64. The van der Waals surface area contributed by atoms with Crippen LogP contribution in [0.2, 0.25) is 0 Å². The molecule has 0 radical (unpaired) electrons. The number of hydrogen-bond acceptors (Lipinski definition) is 4.